The summed E-state index contributed by atoms with van der Waals surface area (Å²) in [5, 5.41) is 2.10. The predicted octanol–water partition coefficient (Wildman–Crippen LogP) is 2.31. The van der Waals surface area contributed by atoms with Crippen molar-refractivity contribution in [2.45, 2.75) is 25.1 Å². The smallest absolute Gasteiger partial charge is 0.381 e. The van der Waals surface area contributed by atoms with Gasteiger partial charge in [-0.05, 0) is 12.0 Å². The van der Waals surface area contributed by atoms with Crippen molar-refractivity contribution in [1.29, 1.82) is 0 Å². The van der Waals surface area contributed by atoms with Gasteiger partial charge < -0.3 is 10.1 Å². The Kier molecular flexibility index (Phi) is 4.65. The highest BCUT2D eigenvalue weighted by molar-refractivity contribution is 5.79. The molecule has 0 bridgehead atoms. The summed E-state index contributed by atoms with van der Waals surface area (Å²) < 4.78 is 44.0. The second-order valence-corrected chi connectivity index (χ2v) is 4.85. The Bertz CT molecular complexity index is 441. The van der Waals surface area contributed by atoms with E-state index in [1.165, 1.54) is 0 Å². The molecular formula is C14H16F3NO2. The number of hydrogen-bond acceptors (Lipinski definition) is 2. The van der Waals surface area contributed by atoms with Gasteiger partial charge in [0, 0.05) is 13.0 Å². The molecule has 0 saturated carbocycles. The molecule has 0 spiro atoms. The van der Waals surface area contributed by atoms with Crippen molar-refractivity contribution >= 4 is 5.91 Å². The van der Waals surface area contributed by atoms with Gasteiger partial charge >= 0.3 is 6.18 Å². The Morgan fingerprint density at radius 2 is 2.05 bits per heavy atom. The van der Waals surface area contributed by atoms with Crippen molar-refractivity contribution in [2.24, 2.45) is 5.92 Å². The number of halogens is 3. The minimum atomic E-state index is -4.47. The minimum absolute atomic E-state index is 0.196. The maximum absolute atomic E-state index is 13.0. The van der Waals surface area contributed by atoms with Crippen molar-refractivity contribution in [3.63, 3.8) is 0 Å². The zero-order valence-electron chi connectivity index (χ0n) is 10.8. The SMILES string of the molecule is O=C(N[C@H](Cc1ccccc1)C(F)(F)F)[C@H]1CCOC1. The maximum Gasteiger partial charge on any atom is 0.408 e. The molecule has 20 heavy (non-hydrogen) atoms. The van der Waals surface area contributed by atoms with E-state index in [9.17, 15) is 18.0 Å². The van der Waals surface area contributed by atoms with Crippen molar-refractivity contribution in [3.05, 3.63) is 35.9 Å². The molecular weight excluding hydrogens is 271 g/mol. The first-order valence-corrected chi connectivity index (χ1v) is 6.45. The second-order valence-electron chi connectivity index (χ2n) is 4.85. The van der Waals surface area contributed by atoms with E-state index in [0.29, 0.717) is 18.6 Å². The largest absolute Gasteiger partial charge is 0.408 e. The van der Waals surface area contributed by atoms with Gasteiger partial charge in [-0.3, -0.25) is 4.79 Å². The monoisotopic (exact) mass is 287 g/mol. The van der Waals surface area contributed by atoms with Crippen LogP contribution in [0.1, 0.15) is 12.0 Å². The zero-order valence-corrected chi connectivity index (χ0v) is 10.8. The van der Waals surface area contributed by atoms with Crippen LogP contribution in [0.15, 0.2) is 30.3 Å². The quantitative estimate of drug-likeness (QED) is 0.923. The maximum atomic E-state index is 13.0. The summed E-state index contributed by atoms with van der Waals surface area (Å²) in [7, 11) is 0. The average molecular weight is 287 g/mol. The number of alkyl halides is 3. The molecule has 1 aromatic carbocycles. The third kappa shape index (κ3) is 3.96. The number of carbonyl (C=O) groups is 1. The van der Waals surface area contributed by atoms with Crippen molar-refractivity contribution in [2.75, 3.05) is 13.2 Å². The van der Waals surface area contributed by atoms with E-state index in [2.05, 4.69) is 5.32 Å². The van der Waals surface area contributed by atoms with Crippen molar-refractivity contribution < 1.29 is 22.7 Å². The van der Waals surface area contributed by atoms with Crippen molar-refractivity contribution in [1.82, 2.24) is 5.32 Å². The molecule has 2 atom stereocenters. The highest BCUT2D eigenvalue weighted by atomic mass is 19.4. The molecule has 1 amide bonds. The molecule has 1 saturated heterocycles. The molecule has 1 N–H and O–H groups in total. The van der Waals surface area contributed by atoms with Crippen LogP contribution in [0.2, 0.25) is 0 Å². The van der Waals surface area contributed by atoms with Gasteiger partial charge in [0.15, 0.2) is 0 Å². The molecule has 1 aliphatic rings. The Labute approximate surface area is 115 Å². The summed E-state index contributed by atoms with van der Waals surface area (Å²) in [5.41, 5.74) is 0.540. The van der Waals surface area contributed by atoms with Crippen LogP contribution in [-0.2, 0) is 16.0 Å². The molecule has 1 heterocycles. The van der Waals surface area contributed by atoms with E-state index >= 15 is 0 Å². The number of rotatable bonds is 4. The Morgan fingerprint density at radius 3 is 2.60 bits per heavy atom. The summed E-state index contributed by atoms with van der Waals surface area (Å²) in [4.78, 5) is 11.8. The van der Waals surface area contributed by atoms with E-state index in [-0.39, 0.29) is 13.0 Å². The Hall–Kier alpha value is -1.56. The first kappa shape index (κ1) is 14.8. The van der Waals surface area contributed by atoms with Crippen LogP contribution in [0.25, 0.3) is 0 Å². The predicted molar refractivity (Wildman–Crippen MR) is 67.1 cm³/mol. The molecule has 1 aromatic rings. The van der Waals surface area contributed by atoms with Gasteiger partial charge in [-0.25, -0.2) is 0 Å². The normalized spacial score (nSPS) is 20.6. The summed E-state index contributed by atoms with van der Waals surface area (Å²) in [6.07, 6.45) is -4.25. The van der Waals surface area contributed by atoms with Crippen molar-refractivity contribution in [3.8, 4) is 0 Å². The van der Waals surface area contributed by atoms with Gasteiger partial charge in [0.25, 0.3) is 0 Å². The van der Waals surface area contributed by atoms with Gasteiger partial charge in [0.2, 0.25) is 5.91 Å². The van der Waals surface area contributed by atoms with Crippen LogP contribution in [0.4, 0.5) is 13.2 Å². The Morgan fingerprint density at radius 1 is 1.35 bits per heavy atom. The fraction of sp³-hybridized carbons (Fsp3) is 0.500. The number of hydrogen-bond donors (Lipinski definition) is 1. The van der Waals surface area contributed by atoms with E-state index in [1.54, 1.807) is 30.3 Å². The van der Waals surface area contributed by atoms with Crippen LogP contribution in [0.3, 0.4) is 0 Å². The molecule has 0 aromatic heterocycles. The van der Waals surface area contributed by atoms with Crippen LogP contribution < -0.4 is 5.32 Å². The lowest BCUT2D eigenvalue weighted by atomic mass is 10.0. The number of benzene rings is 1. The standard InChI is InChI=1S/C14H16F3NO2/c15-14(16,17)12(8-10-4-2-1-3-5-10)18-13(19)11-6-7-20-9-11/h1-5,11-12H,6-9H2,(H,18,19)/t11-,12+/m0/s1. The van der Waals surface area contributed by atoms with E-state index in [4.69, 9.17) is 4.74 Å². The molecule has 3 nitrogen and oxygen atoms in total. The molecule has 0 aliphatic carbocycles. The molecule has 2 rings (SSSR count). The first-order valence-electron chi connectivity index (χ1n) is 6.45. The highest BCUT2D eigenvalue weighted by Crippen LogP contribution is 2.24. The Balaban J connectivity index is 2.02. The minimum Gasteiger partial charge on any atom is -0.381 e. The molecule has 110 valence electrons. The summed E-state index contributed by atoms with van der Waals surface area (Å²) in [6.45, 7) is 0.620. The van der Waals surface area contributed by atoms with Gasteiger partial charge in [-0.1, -0.05) is 30.3 Å². The van der Waals surface area contributed by atoms with Crippen LogP contribution in [-0.4, -0.2) is 31.3 Å². The first-order chi connectivity index (χ1) is 9.47. The fourth-order valence-electron chi connectivity index (χ4n) is 2.13. The average Bonchev–Trinajstić information content (AvgIpc) is 2.92. The van der Waals surface area contributed by atoms with E-state index < -0.39 is 24.0 Å². The van der Waals surface area contributed by atoms with E-state index in [1.807, 2.05) is 0 Å². The summed E-state index contributed by atoms with van der Waals surface area (Å²) in [5.74, 6) is -1.06. The van der Waals surface area contributed by atoms with Crippen LogP contribution in [0.5, 0.6) is 0 Å². The summed E-state index contributed by atoms with van der Waals surface area (Å²) >= 11 is 0. The number of carbonyl (C=O) groups excluding carboxylic acids is 1. The molecule has 0 radical (unpaired) electrons. The lowest BCUT2D eigenvalue weighted by Gasteiger charge is -2.23. The van der Waals surface area contributed by atoms with Gasteiger partial charge in [0.1, 0.15) is 6.04 Å². The molecule has 1 fully saturated rings. The third-order valence-corrected chi connectivity index (χ3v) is 3.29. The van der Waals surface area contributed by atoms with Gasteiger partial charge in [-0.15, -0.1) is 0 Å². The lowest BCUT2D eigenvalue weighted by Crippen LogP contribution is -2.48. The van der Waals surface area contributed by atoms with Gasteiger partial charge in [-0.2, -0.15) is 13.2 Å². The molecule has 1 aliphatic heterocycles. The van der Waals surface area contributed by atoms with Crippen LogP contribution in [0, 0.1) is 5.92 Å². The van der Waals surface area contributed by atoms with Crippen LogP contribution >= 0.6 is 0 Å². The van der Waals surface area contributed by atoms with E-state index in [0.717, 1.165) is 0 Å². The number of amides is 1. The summed E-state index contributed by atoms with van der Waals surface area (Å²) in [6, 6.07) is 6.45. The molecule has 6 heteroatoms. The number of nitrogens with one attached hydrogen (secondary N) is 1. The number of ether oxygens (including phenoxy) is 1. The zero-order chi connectivity index (χ0) is 14.6. The third-order valence-electron chi connectivity index (χ3n) is 3.29. The molecule has 0 unspecified atom stereocenters. The second kappa shape index (κ2) is 6.26. The van der Waals surface area contributed by atoms with Gasteiger partial charge in [0.05, 0.1) is 12.5 Å². The topological polar surface area (TPSA) is 38.3 Å². The lowest BCUT2D eigenvalue weighted by molar-refractivity contribution is -0.162. The fourth-order valence-corrected chi connectivity index (χ4v) is 2.13. The highest BCUT2D eigenvalue weighted by Gasteiger charge is 2.41.